The number of carboxylic acid groups (broad SMARTS) is 1. The number of carboxylic acids is 1. The zero-order valence-electron chi connectivity index (χ0n) is 11.0. The van der Waals surface area contributed by atoms with Gasteiger partial charge in [-0.1, -0.05) is 5.21 Å². The molecular weight excluding hydrogens is 250 g/mol. The number of hydrogen-bond donors (Lipinski definition) is 1. The fourth-order valence-corrected chi connectivity index (χ4v) is 1.88. The van der Waals surface area contributed by atoms with Crippen molar-refractivity contribution in [1.29, 1.82) is 0 Å². The largest absolute Gasteiger partial charge is 0.476 e. The van der Waals surface area contributed by atoms with Crippen molar-refractivity contribution >= 4 is 11.9 Å². The average molecular weight is 267 g/mol. The quantitative estimate of drug-likeness (QED) is 0.759. The minimum Gasteiger partial charge on any atom is -0.476 e. The Bertz CT molecular complexity index is 480. The van der Waals surface area contributed by atoms with Crippen molar-refractivity contribution < 1.29 is 14.7 Å². The van der Waals surface area contributed by atoms with Crippen molar-refractivity contribution in [2.75, 3.05) is 33.2 Å². The second-order valence-corrected chi connectivity index (χ2v) is 4.64. The summed E-state index contributed by atoms with van der Waals surface area (Å²) in [6, 6.07) is 0.0975. The third-order valence-corrected chi connectivity index (χ3v) is 3.30. The topological polar surface area (TPSA) is 91.6 Å². The smallest absolute Gasteiger partial charge is 0.358 e. The summed E-state index contributed by atoms with van der Waals surface area (Å²) in [6.45, 7) is 4.39. The molecule has 0 radical (unpaired) electrons. The van der Waals surface area contributed by atoms with Crippen molar-refractivity contribution in [3.63, 3.8) is 0 Å². The molecule has 1 aromatic rings. The van der Waals surface area contributed by atoms with Gasteiger partial charge in [0.1, 0.15) is 0 Å². The summed E-state index contributed by atoms with van der Waals surface area (Å²) in [5.41, 5.74) is -0.0553. The monoisotopic (exact) mass is 267 g/mol. The van der Waals surface area contributed by atoms with Gasteiger partial charge in [-0.3, -0.25) is 9.69 Å². The third-order valence-electron chi connectivity index (χ3n) is 3.30. The molecule has 8 heteroatoms. The van der Waals surface area contributed by atoms with E-state index in [0.29, 0.717) is 26.2 Å². The van der Waals surface area contributed by atoms with E-state index in [0.717, 1.165) is 0 Å². The zero-order chi connectivity index (χ0) is 14.0. The van der Waals surface area contributed by atoms with Crippen LogP contribution < -0.4 is 0 Å². The Hall–Kier alpha value is -1.96. The Balaban J connectivity index is 1.82. The van der Waals surface area contributed by atoms with Crippen LogP contribution in [-0.4, -0.2) is 75.0 Å². The molecule has 1 fully saturated rings. The lowest BCUT2D eigenvalue weighted by molar-refractivity contribution is -0.132. The molecule has 1 saturated heterocycles. The second-order valence-electron chi connectivity index (χ2n) is 4.64. The van der Waals surface area contributed by atoms with Gasteiger partial charge in [-0.15, -0.1) is 5.10 Å². The molecule has 0 saturated carbocycles. The van der Waals surface area contributed by atoms with Crippen molar-refractivity contribution in [1.82, 2.24) is 24.8 Å². The van der Waals surface area contributed by atoms with Gasteiger partial charge in [0, 0.05) is 26.7 Å². The minimum absolute atomic E-state index is 0.0553. The van der Waals surface area contributed by atoms with Crippen LogP contribution in [0.25, 0.3) is 0 Å². The van der Waals surface area contributed by atoms with E-state index in [4.69, 9.17) is 5.11 Å². The van der Waals surface area contributed by atoms with Crippen molar-refractivity contribution in [3.05, 3.63) is 11.9 Å². The summed E-state index contributed by atoms with van der Waals surface area (Å²) in [4.78, 5) is 26.0. The molecule has 0 aromatic carbocycles. The molecule has 19 heavy (non-hydrogen) atoms. The van der Waals surface area contributed by atoms with Gasteiger partial charge in [0.25, 0.3) is 0 Å². The number of likely N-dealkylation sites (tertiary alicyclic amines) is 1. The van der Waals surface area contributed by atoms with Crippen molar-refractivity contribution in [2.24, 2.45) is 0 Å². The zero-order valence-corrected chi connectivity index (χ0v) is 11.0. The highest BCUT2D eigenvalue weighted by Gasteiger charge is 2.31. The molecule has 1 N–H and O–H groups in total. The van der Waals surface area contributed by atoms with E-state index >= 15 is 0 Å². The summed E-state index contributed by atoms with van der Waals surface area (Å²) in [7, 11) is 1.77. The van der Waals surface area contributed by atoms with Gasteiger partial charge in [0.15, 0.2) is 5.69 Å². The van der Waals surface area contributed by atoms with Gasteiger partial charge in [-0.05, 0) is 6.92 Å². The molecule has 0 bridgehead atoms. The van der Waals surface area contributed by atoms with Gasteiger partial charge >= 0.3 is 5.97 Å². The van der Waals surface area contributed by atoms with E-state index in [9.17, 15) is 9.59 Å². The molecule has 0 atom stereocenters. The number of rotatable bonds is 5. The fourth-order valence-electron chi connectivity index (χ4n) is 1.88. The highest BCUT2D eigenvalue weighted by atomic mass is 16.4. The van der Waals surface area contributed by atoms with Gasteiger partial charge in [-0.25, -0.2) is 9.48 Å². The molecule has 1 aliphatic rings. The first kappa shape index (κ1) is 13.5. The van der Waals surface area contributed by atoms with E-state index in [1.54, 1.807) is 16.6 Å². The highest BCUT2D eigenvalue weighted by Crippen LogP contribution is 2.19. The maximum absolute atomic E-state index is 11.7. The lowest BCUT2D eigenvalue weighted by Gasteiger charge is -2.38. The Morgan fingerprint density at radius 3 is 2.74 bits per heavy atom. The Kier molecular flexibility index (Phi) is 3.79. The molecule has 2 heterocycles. The van der Waals surface area contributed by atoms with Crippen molar-refractivity contribution in [2.45, 2.75) is 13.0 Å². The van der Waals surface area contributed by atoms with Crippen LogP contribution in [0.5, 0.6) is 0 Å². The average Bonchev–Trinajstić information content (AvgIpc) is 2.81. The van der Waals surface area contributed by atoms with Crippen LogP contribution in [-0.2, 0) is 4.79 Å². The number of aromatic nitrogens is 3. The van der Waals surface area contributed by atoms with Gasteiger partial charge in [0.05, 0.1) is 18.8 Å². The summed E-state index contributed by atoms with van der Waals surface area (Å²) in [6.07, 6.45) is 1.42. The predicted octanol–water partition coefficient (Wildman–Crippen LogP) is -0.689. The predicted molar refractivity (Wildman–Crippen MR) is 65.8 cm³/mol. The molecule has 104 valence electrons. The third kappa shape index (κ3) is 2.90. The Labute approximate surface area is 110 Å². The first-order chi connectivity index (χ1) is 9.01. The number of aromatic carboxylic acids is 1. The summed E-state index contributed by atoms with van der Waals surface area (Å²) in [5.74, 6) is -0.993. The Morgan fingerprint density at radius 1 is 1.53 bits per heavy atom. The molecular formula is C11H17N5O3. The second kappa shape index (κ2) is 5.35. The van der Waals surface area contributed by atoms with Crippen molar-refractivity contribution in [3.8, 4) is 0 Å². The lowest BCUT2D eigenvalue weighted by Crippen LogP contribution is -2.51. The van der Waals surface area contributed by atoms with Crippen LogP contribution in [0.4, 0.5) is 0 Å². The number of amides is 1. The van der Waals surface area contributed by atoms with Crippen LogP contribution in [0.15, 0.2) is 6.20 Å². The molecule has 1 aromatic heterocycles. The number of likely N-dealkylation sites (N-methyl/N-ethyl adjacent to an activating group) is 1. The molecule has 2 rings (SSSR count). The summed E-state index contributed by atoms with van der Waals surface area (Å²) in [5, 5.41) is 16.1. The van der Waals surface area contributed by atoms with Crippen LogP contribution in [0.1, 0.15) is 23.5 Å². The van der Waals surface area contributed by atoms with Gasteiger partial charge in [0.2, 0.25) is 5.91 Å². The van der Waals surface area contributed by atoms with E-state index in [2.05, 4.69) is 10.3 Å². The maximum Gasteiger partial charge on any atom is 0.358 e. The van der Waals surface area contributed by atoms with Gasteiger partial charge in [-0.2, -0.15) is 0 Å². The number of carbonyl (C=O) groups is 2. The maximum atomic E-state index is 11.7. The van der Waals surface area contributed by atoms with Crippen LogP contribution in [0.2, 0.25) is 0 Å². The van der Waals surface area contributed by atoms with Crippen LogP contribution in [0.3, 0.4) is 0 Å². The summed E-state index contributed by atoms with van der Waals surface area (Å²) >= 11 is 0. The molecule has 0 unspecified atom stereocenters. The Morgan fingerprint density at radius 2 is 2.21 bits per heavy atom. The number of nitrogens with zero attached hydrogens (tertiary/aromatic N) is 5. The normalized spacial score (nSPS) is 16.1. The highest BCUT2D eigenvalue weighted by molar-refractivity contribution is 5.84. The van der Waals surface area contributed by atoms with Gasteiger partial charge < -0.3 is 10.0 Å². The number of hydrogen-bond acceptors (Lipinski definition) is 5. The molecule has 1 amide bonds. The fraction of sp³-hybridized carbons (Fsp3) is 0.636. The number of carbonyl (C=O) groups excluding carboxylic acids is 1. The summed E-state index contributed by atoms with van der Waals surface area (Å²) < 4.78 is 1.55. The molecule has 8 nitrogen and oxygen atoms in total. The molecule has 1 aliphatic heterocycles. The lowest BCUT2D eigenvalue weighted by atomic mass is 10.1. The first-order valence-electron chi connectivity index (χ1n) is 6.12. The van der Waals surface area contributed by atoms with E-state index in [-0.39, 0.29) is 17.6 Å². The van der Waals surface area contributed by atoms with E-state index < -0.39 is 5.97 Å². The van der Waals surface area contributed by atoms with E-state index in [1.807, 2.05) is 11.8 Å². The molecule has 0 aliphatic carbocycles. The molecule has 0 spiro atoms. The first-order valence-corrected chi connectivity index (χ1v) is 6.12. The standard InChI is InChI=1S/C11H17N5O3/c1-3-14(2)10(17)7-15-4-8(5-15)16-6-9(11(18)19)12-13-16/h6,8H,3-5,7H2,1-2H3,(H,18,19). The SMILES string of the molecule is CCN(C)C(=O)CN1CC(n2cc(C(=O)O)nn2)C1. The minimum atomic E-state index is -1.08. The van der Waals surface area contributed by atoms with Crippen LogP contribution in [0, 0.1) is 0 Å². The van der Waals surface area contributed by atoms with Crippen LogP contribution >= 0.6 is 0 Å². The van der Waals surface area contributed by atoms with E-state index in [1.165, 1.54) is 6.20 Å².